The molecule has 1 atom stereocenters. The number of hydrogen-bond acceptors (Lipinski definition) is 0. The van der Waals surface area contributed by atoms with Gasteiger partial charge in [0.25, 0.3) is 0 Å². The number of benzene rings is 2. The molecule has 0 nitrogen and oxygen atoms in total. The lowest BCUT2D eigenvalue weighted by Crippen LogP contribution is -2.27. The van der Waals surface area contributed by atoms with Crippen LogP contribution in [0, 0.1) is 5.82 Å². The van der Waals surface area contributed by atoms with Gasteiger partial charge in [0, 0.05) is 5.30 Å². The van der Waals surface area contributed by atoms with Gasteiger partial charge in [0.1, 0.15) is 5.82 Å². The van der Waals surface area contributed by atoms with Crippen molar-refractivity contribution in [1.29, 1.82) is 0 Å². The summed E-state index contributed by atoms with van der Waals surface area (Å²) in [6, 6.07) is 13.3. The standard InChI is InChI=1S/C20H21F4P/c21-17-11-5-7-13-19(17)25(14-20(22,23)24)18-12-6-4-10-16(18)15-8-2-1-3-9-15/h4-7,10-13,15H,1-3,8-9,14H2. The molecule has 0 aromatic heterocycles. The highest BCUT2D eigenvalue weighted by Gasteiger charge is 2.36. The fraction of sp³-hybridized carbons (Fsp3) is 0.400. The highest BCUT2D eigenvalue weighted by molar-refractivity contribution is 7.73. The van der Waals surface area contributed by atoms with Gasteiger partial charge < -0.3 is 0 Å². The van der Waals surface area contributed by atoms with Crippen LogP contribution in [-0.4, -0.2) is 12.3 Å². The molecule has 0 saturated heterocycles. The topological polar surface area (TPSA) is 0 Å². The van der Waals surface area contributed by atoms with Crippen molar-refractivity contribution in [2.24, 2.45) is 0 Å². The zero-order valence-electron chi connectivity index (χ0n) is 13.9. The first-order chi connectivity index (χ1) is 12.0. The molecule has 134 valence electrons. The van der Waals surface area contributed by atoms with E-state index in [1.165, 1.54) is 24.6 Å². The van der Waals surface area contributed by atoms with Crippen molar-refractivity contribution in [3.8, 4) is 0 Å². The zero-order chi connectivity index (χ0) is 17.9. The Hall–Kier alpha value is -1.41. The zero-order valence-corrected chi connectivity index (χ0v) is 14.8. The molecular formula is C20H21F4P. The van der Waals surface area contributed by atoms with Gasteiger partial charge in [-0.15, -0.1) is 0 Å². The largest absolute Gasteiger partial charge is 0.393 e. The minimum atomic E-state index is -4.33. The summed E-state index contributed by atoms with van der Waals surface area (Å²) < 4.78 is 54.2. The Bertz CT molecular complexity index is 705. The second kappa shape index (κ2) is 7.86. The van der Waals surface area contributed by atoms with E-state index in [1.807, 2.05) is 12.1 Å². The Morgan fingerprint density at radius 2 is 1.44 bits per heavy atom. The summed E-state index contributed by atoms with van der Waals surface area (Å²) in [5.41, 5.74) is 0.987. The van der Waals surface area contributed by atoms with Crippen LogP contribution in [0.3, 0.4) is 0 Å². The van der Waals surface area contributed by atoms with E-state index in [1.54, 1.807) is 18.2 Å². The number of rotatable bonds is 4. The minimum Gasteiger partial charge on any atom is -0.206 e. The smallest absolute Gasteiger partial charge is 0.206 e. The number of halogens is 4. The van der Waals surface area contributed by atoms with Gasteiger partial charge >= 0.3 is 6.18 Å². The molecule has 0 spiro atoms. The Labute approximate surface area is 147 Å². The van der Waals surface area contributed by atoms with Crippen molar-refractivity contribution in [1.82, 2.24) is 0 Å². The SMILES string of the molecule is Fc1ccccc1P(CC(F)(F)F)c1ccccc1C1CCCCC1. The summed E-state index contributed by atoms with van der Waals surface area (Å²) in [5, 5.41) is 0.880. The van der Waals surface area contributed by atoms with Crippen LogP contribution in [0.5, 0.6) is 0 Å². The molecule has 2 aromatic rings. The molecule has 1 unspecified atom stereocenters. The molecule has 0 radical (unpaired) electrons. The van der Waals surface area contributed by atoms with Crippen LogP contribution in [0.15, 0.2) is 48.5 Å². The van der Waals surface area contributed by atoms with E-state index in [2.05, 4.69) is 0 Å². The van der Waals surface area contributed by atoms with E-state index in [-0.39, 0.29) is 11.2 Å². The maximum Gasteiger partial charge on any atom is 0.393 e. The third-order valence-corrected chi connectivity index (χ3v) is 7.36. The summed E-state index contributed by atoms with van der Waals surface area (Å²) in [6.07, 6.45) is 0.0999. The first kappa shape index (κ1) is 18.4. The van der Waals surface area contributed by atoms with E-state index in [0.717, 1.165) is 31.2 Å². The maximum atomic E-state index is 14.3. The summed E-state index contributed by atoms with van der Waals surface area (Å²) in [5.74, 6) is -0.258. The Morgan fingerprint density at radius 3 is 2.08 bits per heavy atom. The van der Waals surface area contributed by atoms with Gasteiger partial charge in [-0.25, -0.2) is 4.39 Å². The molecule has 1 saturated carbocycles. The van der Waals surface area contributed by atoms with Crippen molar-refractivity contribution in [3.05, 3.63) is 59.9 Å². The lowest BCUT2D eigenvalue weighted by molar-refractivity contribution is -0.105. The van der Waals surface area contributed by atoms with Crippen molar-refractivity contribution in [2.45, 2.75) is 44.2 Å². The van der Waals surface area contributed by atoms with Gasteiger partial charge in [-0.05, 0) is 43.6 Å². The number of alkyl halides is 3. The minimum absolute atomic E-state index is 0.193. The highest BCUT2D eigenvalue weighted by Crippen LogP contribution is 2.44. The van der Waals surface area contributed by atoms with E-state index >= 15 is 0 Å². The van der Waals surface area contributed by atoms with Crippen molar-refractivity contribution < 1.29 is 17.6 Å². The molecule has 1 aliphatic carbocycles. The van der Waals surface area contributed by atoms with Gasteiger partial charge in [0.2, 0.25) is 0 Å². The molecule has 0 bridgehead atoms. The van der Waals surface area contributed by atoms with Crippen LogP contribution >= 0.6 is 7.92 Å². The highest BCUT2D eigenvalue weighted by atomic mass is 31.1. The second-order valence-electron chi connectivity index (χ2n) is 6.55. The first-order valence-electron chi connectivity index (χ1n) is 8.63. The fourth-order valence-corrected chi connectivity index (χ4v) is 6.03. The van der Waals surface area contributed by atoms with Crippen LogP contribution in [0.1, 0.15) is 43.6 Å². The average molecular weight is 368 g/mol. The Morgan fingerprint density at radius 1 is 0.840 bits per heavy atom. The summed E-state index contributed by atoms with van der Waals surface area (Å²) in [6.45, 7) is 0. The summed E-state index contributed by atoms with van der Waals surface area (Å²) in [4.78, 5) is 0. The molecule has 0 heterocycles. The third-order valence-electron chi connectivity index (χ3n) is 4.75. The van der Waals surface area contributed by atoms with Crippen LogP contribution in [0.2, 0.25) is 0 Å². The van der Waals surface area contributed by atoms with Gasteiger partial charge in [-0.2, -0.15) is 13.2 Å². The molecule has 25 heavy (non-hydrogen) atoms. The molecule has 0 aliphatic heterocycles. The first-order valence-corrected chi connectivity index (χ1v) is 10.2. The molecule has 3 rings (SSSR count). The third kappa shape index (κ3) is 4.61. The Kier molecular flexibility index (Phi) is 5.78. The van der Waals surface area contributed by atoms with Crippen LogP contribution in [-0.2, 0) is 0 Å². The maximum absolute atomic E-state index is 14.3. The molecule has 1 fully saturated rings. The molecule has 2 aromatic carbocycles. The molecule has 1 aliphatic rings. The van der Waals surface area contributed by atoms with Gasteiger partial charge in [-0.3, -0.25) is 0 Å². The molecule has 0 amide bonds. The quantitative estimate of drug-likeness (QED) is 0.468. The normalized spacial score (nSPS) is 17.4. The average Bonchev–Trinajstić information content (AvgIpc) is 2.60. The predicted molar refractivity (Wildman–Crippen MR) is 95.8 cm³/mol. The second-order valence-corrected chi connectivity index (χ2v) is 8.68. The lowest BCUT2D eigenvalue weighted by atomic mass is 9.84. The van der Waals surface area contributed by atoms with Crippen LogP contribution in [0.25, 0.3) is 0 Å². The van der Waals surface area contributed by atoms with Gasteiger partial charge in [0.05, 0.1) is 6.16 Å². The van der Waals surface area contributed by atoms with Gasteiger partial charge in [0.15, 0.2) is 0 Å². The number of hydrogen-bond donors (Lipinski definition) is 0. The van der Waals surface area contributed by atoms with E-state index in [4.69, 9.17) is 0 Å². The predicted octanol–water partition coefficient (Wildman–Crippen LogP) is 5.87. The van der Waals surface area contributed by atoms with Gasteiger partial charge in [-0.1, -0.05) is 61.7 Å². The molecular weight excluding hydrogens is 347 g/mol. The molecule has 0 N–H and O–H groups in total. The summed E-state index contributed by atoms with van der Waals surface area (Å²) >= 11 is 0. The van der Waals surface area contributed by atoms with Crippen LogP contribution in [0.4, 0.5) is 17.6 Å². The monoisotopic (exact) mass is 368 g/mol. The lowest BCUT2D eigenvalue weighted by Gasteiger charge is -2.28. The van der Waals surface area contributed by atoms with E-state index in [0.29, 0.717) is 5.30 Å². The fourth-order valence-electron chi connectivity index (χ4n) is 3.64. The van der Waals surface area contributed by atoms with E-state index in [9.17, 15) is 17.6 Å². The van der Waals surface area contributed by atoms with E-state index < -0.39 is 26.1 Å². The molecule has 5 heteroatoms. The van der Waals surface area contributed by atoms with Crippen LogP contribution < -0.4 is 10.6 Å². The van der Waals surface area contributed by atoms with Crippen molar-refractivity contribution >= 4 is 18.5 Å². The van der Waals surface area contributed by atoms with Crippen molar-refractivity contribution in [2.75, 3.05) is 6.16 Å². The van der Waals surface area contributed by atoms with Crippen molar-refractivity contribution in [3.63, 3.8) is 0 Å². The Balaban J connectivity index is 2.06. The summed E-state index contributed by atoms with van der Waals surface area (Å²) in [7, 11) is -1.81.